The van der Waals surface area contributed by atoms with Crippen LogP contribution in [0, 0.1) is 46.3 Å². The van der Waals surface area contributed by atoms with Crippen LogP contribution in [0.1, 0.15) is 106 Å². The van der Waals surface area contributed by atoms with Crippen molar-refractivity contribution >= 4 is 74.0 Å². The van der Waals surface area contributed by atoms with Crippen LogP contribution >= 0.6 is 15.5 Å². The third-order valence-electron chi connectivity index (χ3n) is 16.2. The minimum absolute atomic E-state index is 0.109. The van der Waals surface area contributed by atoms with Crippen molar-refractivity contribution in [3.8, 4) is 23.6 Å². The summed E-state index contributed by atoms with van der Waals surface area (Å²) >= 11 is 0. The first-order valence-corrected chi connectivity index (χ1v) is 35.9. The topological polar surface area (TPSA) is 450 Å². The van der Waals surface area contributed by atoms with Crippen molar-refractivity contribution < 1.29 is 103 Å². The second-order valence-electron chi connectivity index (χ2n) is 25.5. The van der Waals surface area contributed by atoms with Crippen LogP contribution in [0.3, 0.4) is 0 Å². The fourth-order valence-corrected chi connectivity index (χ4v) is 13.7. The molecular weight excluding hydrogens is 1370 g/mol. The van der Waals surface area contributed by atoms with Gasteiger partial charge in [-0.05, 0) is 62.4 Å². The lowest BCUT2D eigenvalue weighted by molar-refractivity contribution is -0.173. The summed E-state index contributed by atoms with van der Waals surface area (Å²) in [6.07, 6.45) is -6.19. The molecule has 6 N–H and O–H groups in total. The van der Waals surface area contributed by atoms with Gasteiger partial charge in [-0.15, -0.1) is 0 Å². The van der Waals surface area contributed by atoms with E-state index >= 15 is 0 Å². The number of nitrogens with zero attached hydrogens (tertiary/aromatic N) is 8. The number of anilines is 2. The van der Waals surface area contributed by atoms with Crippen LogP contribution < -0.4 is 30.7 Å². The minimum Gasteiger partial charge on any atom is -0.459 e. The number of hydrogen-bond acceptors (Lipinski definition) is 30. The van der Waals surface area contributed by atoms with Crippen molar-refractivity contribution in [2.24, 2.45) is 23.7 Å². The van der Waals surface area contributed by atoms with Gasteiger partial charge in [0, 0.05) is 12.8 Å². The Labute approximate surface area is 586 Å². The maximum absolute atomic E-state index is 14.5. The highest BCUT2D eigenvalue weighted by Crippen LogP contribution is 2.52. The fraction of sp³-hybridized carbons (Fsp3) is 0.515. The highest BCUT2D eigenvalue weighted by molar-refractivity contribution is 7.52. The van der Waals surface area contributed by atoms with Crippen molar-refractivity contribution in [2.75, 3.05) is 51.1 Å². The number of esters is 6. The van der Waals surface area contributed by atoms with Gasteiger partial charge in [0.25, 0.3) is 0 Å². The van der Waals surface area contributed by atoms with Crippen molar-refractivity contribution in [1.29, 1.82) is 10.5 Å². The maximum atomic E-state index is 14.5. The van der Waals surface area contributed by atoms with Crippen LogP contribution in [-0.4, -0.2) is 165 Å². The van der Waals surface area contributed by atoms with E-state index in [0.717, 1.165) is 0 Å². The summed E-state index contributed by atoms with van der Waals surface area (Å²) in [6.45, 7) is 15.2. The Morgan fingerprint density at radius 3 is 1.21 bits per heavy atom. The Kier molecular flexibility index (Phi) is 25.1. The van der Waals surface area contributed by atoms with E-state index < -0.39 is 160 Å². The quantitative estimate of drug-likeness (QED) is 0.0228. The third kappa shape index (κ3) is 18.2. The van der Waals surface area contributed by atoms with E-state index in [4.69, 9.17) is 76.9 Å². The van der Waals surface area contributed by atoms with Gasteiger partial charge >= 0.3 is 51.3 Å². The summed E-state index contributed by atoms with van der Waals surface area (Å²) in [6, 6.07) is 24.0. The van der Waals surface area contributed by atoms with Crippen LogP contribution in [0.5, 0.6) is 11.5 Å². The number of nitriles is 2. The third-order valence-corrected chi connectivity index (χ3v) is 19.5. The molecule has 548 valence electrons. The normalized spacial score (nSPS) is 24.9. The zero-order valence-corrected chi connectivity index (χ0v) is 59.4. The van der Waals surface area contributed by atoms with E-state index in [0.29, 0.717) is 37.1 Å². The molecule has 4 fully saturated rings. The molecule has 10 rings (SSSR count). The molecule has 4 aliphatic heterocycles. The van der Waals surface area contributed by atoms with Crippen molar-refractivity contribution in [3.05, 3.63) is 109 Å². The molecule has 102 heavy (non-hydrogen) atoms. The standard InChI is InChI=1S/2C33H41N6O11P/c2*1-19(2)30(40)47-27-26(24-11-12-25-29(35)36-18-37-39(24)25)49-33(16-34,28(27)48-31(41)20(3)4)17-45-51(43,50-22-9-7-6-8-10-22)38-21(5)32(42)46-23-13-14-44-15-23/h2*6-12,18-21,23,26-28H,13-15,17H2,1-5H3,(H,38,43)(H2,35,36,37)/t21-,23+,26-,27-,28-,33+,51+;21-,23+,26-,27-,28-,33+,51-/m00/s1. The van der Waals surface area contributed by atoms with Crippen molar-refractivity contribution in [1.82, 2.24) is 39.4 Å². The summed E-state index contributed by atoms with van der Waals surface area (Å²) < 4.78 is 113. The molecule has 2 aromatic carbocycles. The van der Waals surface area contributed by atoms with E-state index in [1.807, 2.05) is 12.1 Å². The Morgan fingerprint density at radius 1 is 0.529 bits per heavy atom. The lowest BCUT2D eigenvalue weighted by Crippen LogP contribution is -2.50. The van der Waals surface area contributed by atoms with Crippen LogP contribution in [0.25, 0.3) is 11.0 Å². The van der Waals surface area contributed by atoms with Gasteiger partial charge in [-0.1, -0.05) is 91.8 Å². The molecule has 0 radical (unpaired) electrons. The molecule has 14 atom stereocenters. The summed E-state index contributed by atoms with van der Waals surface area (Å²) in [4.78, 5) is 86.5. The van der Waals surface area contributed by atoms with E-state index in [1.165, 1.54) is 59.8 Å². The zero-order chi connectivity index (χ0) is 73.8. The molecule has 4 saturated heterocycles. The van der Waals surface area contributed by atoms with Crippen molar-refractivity contribution in [2.45, 2.75) is 154 Å². The molecule has 4 aliphatic rings. The van der Waals surface area contributed by atoms with E-state index in [-0.39, 0.29) is 47.7 Å². The number of carbonyl (C=O) groups excluding carboxylic acids is 6. The zero-order valence-electron chi connectivity index (χ0n) is 57.6. The number of nitrogens with two attached hydrogens (primary N) is 2. The summed E-state index contributed by atoms with van der Waals surface area (Å²) in [5, 5.41) is 35.3. The number of ether oxygens (including phenoxy) is 10. The van der Waals surface area contributed by atoms with Gasteiger partial charge in [-0.2, -0.15) is 30.9 Å². The number of fused-ring (bicyclic) bond motifs is 2. The first-order chi connectivity index (χ1) is 48.5. The van der Waals surface area contributed by atoms with Gasteiger partial charge in [0.05, 0.1) is 61.5 Å². The number of carbonyl (C=O) groups is 6. The molecule has 0 unspecified atom stereocenters. The molecule has 8 heterocycles. The number of rotatable bonds is 28. The van der Waals surface area contributed by atoms with Crippen molar-refractivity contribution in [3.63, 3.8) is 0 Å². The van der Waals surface area contributed by atoms with Gasteiger partial charge in [-0.25, -0.2) is 28.1 Å². The number of hydrogen-bond donors (Lipinski definition) is 4. The molecule has 4 aromatic heterocycles. The molecule has 6 aromatic rings. The number of nitrogens with one attached hydrogen (secondary N) is 2. The van der Waals surface area contributed by atoms with Gasteiger partial charge in [0.2, 0.25) is 11.2 Å². The molecule has 34 nitrogen and oxygen atoms in total. The Balaban J connectivity index is 0.000000237. The predicted molar refractivity (Wildman–Crippen MR) is 355 cm³/mol. The smallest absolute Gasteiger partial charge is 0.459 e. The monoisotopic (exact) mass is 1460 g/mol. The number of benzene rings is 2. The molecule has 0 spiro atoms. The summed E-state index contributed by atoms with van der Waals surface area (Å²) in [7, 11) is -9.15. The first-order valence-electron chi connectivity index (χ1n) is 32.8. The number of aromatic nitrogens is 6. The lowest BCUT2D eigenvalue weighted by Gasteiger charge is -2.31. The van der Waals surface area contributed by atoms with Gasteiger partial charge < -0.3 is 67.9 Å². The molecule has 0 aliphatic carbocycles. The molecule has 36 heteroatoms. The Hall–Kier alpha value is -9.18. The van der Waals surface area contributed by atoms with E-state index in [2.05, 4.69) is 30.3 Å². The van der Waals surface area contributed by atoms with Gasteiger partial charge in [0.15, 0.2) is 36.1 Å². The molecule has 0 saturated carbocycles. The first kappa shape index (κ1) is 77.0. The molecule has 0 bridgehead atoms. The van der Waals surface area contributed by atoms with E-state index in [9.17, 15) is 48.4 Å². The van der Waals surface area contributed by atoms with Crippen LogP contribution in [-0.2, 0) is 94.3 Å². The average Bonchev–Trinajstić information content (AvgIpc) is 1.59. The summed E-state index contributed by atoms with van der Waals surface area (Å²) in [5.41, 5.74) is 8.94. The lowest BCUT2D eigenvalue weighted by atomic mass is 9.95. The van der Waals surface area contributed by atoms with Crippen LogP contribution in [0.15, 0.2) is 97.6 Å². The fourth-order valence-electron chi connectivity index (χ4n) is 10.6. The Morgan fingerprint density at radius 2 is 0.882 bits per heavy atom. The number of para-hydroxylation sites is 2. The minimum atomic E-state index is -4.58. The maximum Gasteiger partial charge on any atom is 0.459 e. The van der Waals surface area contributed by atoms with E-state index in [1.54, 1.807) is 116 Å². The van der Waals surface area contributed by atoms with Gasteiger partial charge in [0.1, 0.15) is 97.0 Å². The largest absolute Gasteiger partial charge is 0.459 e. The van der Waals surface area contributed by atoms with Crippen LogP contribution in [0.4, 0.5) is 11.6 Å². The van der Waals surface area contributed by atoms with Gasteiger partial charge in [-0.3, -0.25) is 37.8 Å². The molecule has 0 amide bonds. The highest BCUT2D eigenvalue weighted by Gasteiger charge is 2.64. The predicted octanol–water partition coefficient (Wildman–Crippen LogP) is 6.59. The highest BCUT2D eigenvalue weighted by atomic mass is 31.2. The second-order valence-corrected chi connectivity index (χ2v) is 28.9. The SMILES string of the molecule is CC(C)C(=O)O[C@H]1[C@H](c2ccc3c(N)ncnn23)O[C@](C#N)(CO[P@@](=O)(N[C@@H](C)C(=O)O[C@@H]2CCOC2)Oc2ccccc2)[C@H]1OC(=O)C(C)C.CC(C)C(=O)O[C@H]1[C@H](c2ccc3c(N)ncnn23)O[C@](C#N)(CO[P@](=O)(N[C@@H](C)C(=O)O[C@@H]2CCOC2)Oc2ccccc2)[C@H]1OC(=O)C(C)C. The average molecular weight is 1460 g/mol. The second kappa shape index (κ2) is 33.3. The van der Waals surface area contributed by atoms with Crippen LogP contribution in [0.2, 0.25) is 0 Å². The Bertz CT molecular complexity index is 3880. The number of nitrogen functional groups attached to an aromatic ring is 2. The summed E-state index contributed by atoms with van der Waals surface area (Å²) in [5.74, 6) is -6.42. The molecular formula is C66H82N12O22P2.